The van der Waals surface area contributed by atoms with Crippen molar-refractivity contribution in [3.05, 3.63) is 33.8 Å². The fraction of sp³-hybridized carbons (Fsp3) is 0.500. The van der Waals surface area contributed by atoms with E-state index in [1.54, 1.807) is 0 Å². The van der Waals surface area contributed by atoms with Crippen LogP contribution in [0, 0.1) is 12.3 Å². The van der Waals surface area contributed by atoms with Crippen LogP contribution in [0.1, 0.15) is 36.2 Å². The van der Waals surface area contributed by atoms with Gasteiger partial charge in [-0.1, -0.05) is 29.8 Å². The lowest BCUT2D eigenvalue weighted by Gasteiger charge is -2.48. The van der Waals surface area contributed by atoms with Crippen LogP contribution in [0.4, 0.5) is 0 Å². The van der Waals surface area contributed by atoms with E-state index in [1.165, 1.54) is 0 Å². The summed E-state index contributed by atoms with van der Waals surface area (Å²) in [4.78, 5) is 14.2. The lowest BCUT2D eigenvalue weighted by atomic mass is 9.79. The molecule has 3 heteroatoms. The van der Waals surface area contributed by atoms with E-state index < -0.39 is 0 Å². The molecule has 0 bridgehead atoms. The van der Waals surface area contributed by atoms with Gasteiger partial charge in [0.15, 0.2) is 0 Å². The summed E-state index contributed by atoms with van der Waals surface area (Å²) in [6.45, 7) is 8.18. The maximum Gasteiger partial charge on any atom is 0.254 e. The Morgan fingerprint density at radius 3 is 2.65 bits per heavy atom. The van der Waals surface area contributed by atoms with Crippen LogP contribution in [0.2, 0.25) is 0 Å². The average molecular weight is 296 g/mol. The molecule has 92 valence electrons. The number of hydrogen-bond donors (Lipinski definition) is 0. The van der Waals surface area contributed by atoms with Crippen molar-refractivity contribution in [2.75, 3.05) is 13.1 Å². The van der Waals surface area contributed by atoms with E-state index >= 15 is 0 Å². The molecule has 2 rings (SSSR count). The highest BCUT2D eigenvalue weighted by Crippen LogP contribution is 2.34. The fourth-order valence-corrected chi connectivity index (χ4v) is 2.76. The molecule has 0 saturated carbocycles. The smallest absolute Gasteiger partial charge is 0.254 e. The molecule has 1 amide bonds. The highest BCUT2D eigenvalue weighted by atomic mass is 79.9. The van der Waals surface area contributed by atoms with Crippen molar-refractivity contribution in [3.8, 4) is 0 Å². The zero-order chi connectivity index (χ0) is 12.6. The number of nitrogens with zero attached hydrogens (tertiary/aromatic N) is 1. The molecule has 2 nitrogen and oxygen atoms in total. The summed E-state index contributed by atoms with van der Waals surface area (Å²) < 4.78 is 1.02. The molecule has 0 spiro atoms. The monoisotopic (exact) mass is 295 g/mol. The van der Waals surface area contributed by atoms with Crippen molar-refractivity contribution in [2.24, 2.45) is 5.41 Å². The SMILES string of the molecule is CCC1(C)CN(C(=O)c2ccc(Br)cc2C)C1. The Hall–Kier alpha value is -0.830. The van der Waals surface area contributed by atoms with Gasteiger partial charge < -0.3 is 4.90 Å². The minimum Gasteiger partial charge on any atom is -0.337 e. The Balaban J connectivity index is 2.12. The van der Waals surface area contributed by atoms with E-state index in [9.17, 15) is 4.79 Å². The number of aryl methyl sites for hydroxylation is 1. The zero-order valence-electron chi connectivity index (χ0n) is 10.6. The molecule has 0 aliphatic carbocycles. The highest BCUT2D eigenvalue weighted by molar-refractivity contribution is 9.10. The van der Waals surface area contributed by atoms with Gasteiger partial charge in [0.1, 0.15) is 0 Å². The van der Waals surface area contributed by atoms with Gasteiger partial charge in [-0.2, -0.15) is 0 Å². The number of carbonyl (C=O) groups excluding carboxylic acids is 1. The summed E-state index contributed by atoms with van der Waals surface area (Å²) in [6.07, 6.45) is 1.14. The van der Waals surface area contributed by atoms with Crippen molar-refractivity contribution >= 4 is 21.8 Å². The van der Waals surface area contributed by atoms with Crippen LogP contribution in [-0.2, 0) is 0 Å². The predicted octanol–water partition coefficient (Wildman–Crippen LogP) is 3.63. The van der Waals surface area contributed by atoms with Crippen LogP contribution in [-0.4, -0.2) is 23.9 Å². The molecular weight excluding hydrogens is 278 g/mol. The molecule has 1 aliphatic heterocycles. The van der Waals surface area contributed by atoms with Gasteiger partial charge in [0.05, 0.1) is 0 Å². The standard InChI is InChI=1S/C14H18BrNO/c1-4-14(3)8-16(9-14)13(17)12-6-5-11(15)7-10(12)2/h5-7H,4,8-9H2,1-3H3. The Bertz CT molecular complexity index is 450. The highest BCUT2D eigenvalue weighted by Gasteiger charge is 2.40. The number of carbonyl (C=O) groups is 1. The average Bonchev–Trinajstić information content (AvgIpc) is 2.24. The molecular formula is C14H18BrNO. The molecule has 1 aromatic carbocycles. The quantitative estimate of drug-likeness (QED) is 0.816. The maximum atomic E-state index is 12.3. The summed E-state index contributed by atoms with van der Waals surface area (Å²) in [7, 11) is 0. The number of amides is 1. The summed E-state index contributed by atoms with van der Waals surface area (Å²) in [5.41, 5.74) is 2.19. The molecule has 1 saturated heterocycles. The minimum atomic E-state index is 0.168. The fourth-order valence-electron chi connectivity index (χ4n) is 2.28. The van der Waals surface area contributed by atoms with Crippen molar-refractivity contribution in [1.82, 2.24) is 4.90 Å². The lowest BCUT2D eigenvalue weighted by molar-refractivity contribution is 0.0133. The summed E-state index contributed by atoms with van der Waals surface area (Å²) in [5.74, 6) is 0.168. The normalized spacial score (nSPS) is 17.8. The van der Waals surface area contributed by atoms with E-state index in [2.05, 4.69) is 29.8 Å². The molecule has 1 fully saturated rings. The third-order valence-electron chi connectivity index (χ3n) is 3.70. The topological polar surface area (TPSA) is 20.3 Å². The second-order valence-electron chi connectivity index (χ2n) is 5.28. The Labute approximate surface area is 111 Å². The molecule has 0 N–H and O–H groups in total. The molecule has 1 heterocycles. The molecule has 17 heavy (non-hydrogen) atoms. The molecule has 0 radical (unpaired) electrons. The van der Waals surface area contributed by atoms with Gasteiger partial charge in [0.25, 0.3) is 5.91 Å². The van der Waals surface area contributed by atoms with Crippen LogP contribution in [0.3, 0.4) is 0 Å². The van der Waals surface area contributed by atoms with Crippen molar-refractivity contribution in [2.45, 2.75) is 27.2 Å². The van der Waals surface area contributed by atoms with Gasteiger partial charge in [-0.05, 0) is 37.1 Å². The number of likely N-dealkylation sites (tertiary alicyclic amines) is 1. The first-order valence-corrected chi connectivity index (χ1v) is 6.80. The van der Waals surface area contributed by atoms with E-state index in [0.717, 1.165) is 35.1 Å². The summed E-state index contributed by atoms with van der Waals surface area (Å²) >= 11 is 3.42. The van der Waals surface area contributed by atoms with Crippen LogP contribution >= 0.6 is 15.9 Å². The lowest BCUT2D eigenvalue weighted by Crippen LogP contribution is -2.56. The molecule has 0 atom stereocenters. The first-order chi connectivity index (χ1) is 7.95. The first-order valence-electron chi connectivity index (χ1n) is 6.00. The molecule has 1 aromatic rings. The van der Waals surface area contributed by atoms with Crippen LogP contribution in [0.5, 0.6) is 0 Å². The van der Waals surface area contributed by atoms with Crippen LogP contribution < -0.4 is 0 Å². The van der Waals surface area contributed by atoms with Gasteiger partial charge in [0, 0.05) is 28.5 Å². The predicted molar refractivity (Wildman–Crippen MR) is 73.2 cm³/mol. The van der Waals surface area contributed by atoms with E-state index in [1.807, 2.05) is 30.0 Å². The number of halogens is 1. The Kier molecular flexibility index (Phi) is 3.30. The number of benzene rings is 1. The van der Waals surface area contributed by atoms with Crippen molar-refractivity contribution in [3.63, 3.8) is 0 Å². The second kappa shape index (κ2) is 4.45. The molecule has 0 unspecified atom stereocenters. The van der Waals surface area contributed by atoms with Crippen molar-refractivity contribution in [1.29, 1.82) is 0 Å². The number of rotatable bonds is 2. The zero-order valence-corrected chi connectivity index (χ0v) is 12.2. The van der Waals surface area contributed by atoms with E-state index in [4.69, 9.17) is 0 Å². The van der Waals surface area contributed by atoms with Gasteiger partial charge >= 0.3 is 0 Å². The van der Waals surface area contributed by atoms with Gasteiger partial charge in [-0.15, -0.1) is 0 Å². The third kappa shape index (κ3) is 2.39. The maximum absolute atomic E-state index is 12.3. The van der Waals surface area contributed by atoms with Gasteiger partial charge in [0.2, 0.25) is 0 Å². The van der Waals surface area contributed by atoms with Crippen LogP contribution in [0.25, 0.3) is 0 Å². The Morgan fingerprint density at radius 1 is 1.47 bits per heavy atom. The summed E-state index contributed by atoms with van der Waals surface area (Å²) in [5, 5.41) is 0. The van der Waals surface area contributed by atoms with E-state index in [0.29, 0.717) is 5.41 Å². The number of hydrogen-bond acceptors (Lipinski definition) is 1. The largest absolute Gasteiger partial charge is 0.337 e. The summed E-state index contributed by atoms with van der Waals surface area (Å²) in [6, 6.07) is 5.83. The van der Waals surface area contributed by atoms with Crippen molar-refractivity contribution < 1.29 is 4.79 Å². The minimum absolute atomic E-state index is 0.168. The molecule has 1 aliphatic rings. The first kappa shape index (κ1) is 12.6. The van der Waals surface area contributed by atoms with Gasteiger partial charge in [-0.3, -0.25) is 4.79 Å². The van der Waals surface area contributed by atoms with Crippen LogP contribution in [0.15, 0.2) is 22.7 Å². The van der Waals surface area contributed by atoms with Gasteiger partial charge in [-0.25, -0.2) is 0 Å². The Morgan fingerprint density at radius 2 is 2.12 bits per heavy atom. The molecule has 0 aromatic heterocycles. The van der Waals surface area contributed by atoms with E-state index in [-0.39, 0.29) is 5.91 Å². The second-order valence-corrected chi connectivity index (χ2v) is 6.20. The third-order valence-corrected chi connectivity index (χ3v) is 4.20.